The molecule has 3 nitrogen and oxygen atoms in total. The summed E-state index contributed by atoms with van der Waals surface area (Å²) < 4.78 is 12.8. The normalized spacial score (nSPS) is 14.0. The van der Waals surface area contributed by atoms with Crippen LogP contribution in [-0.2, 0) is 10.8 Å². The highest BCUT2D eigenvalue weighted by Gasteiger charge is 2.11. The third kappa shape index (κ3) is 4.82. The van der Waals surface area contributed by atoms with Gasteiger partial charge in [0.15, 0.2) is 0 Å². The molecule has 1 aromatic carbocycles. The average molecular weight is 397 g/mol. The Kier molecular flexibility index (Phi) is 6.52. The smallest absolute Gasteiger partial charge is 0.252 e. The number of rotatable bonds is 5. The number of halogens is 2. The van der Waals surface area contributed by atoms with E-state index in [1.165, 1.54) is 0 Å². The zero-order valence-electron chi connectivity index (χ0n) is 10.2. The number of carbonyl (C=O) groups excluding carboxylic acids is 1. The average Bonchev–Trinajstić information content (AvgIpc) is 2.28. The number of nitrogens with one attached hydrogen (secondary N) is 1. The lowest BCUT2D eigenvalue weighted by Gasteiger charge is -2.10. The molecule has 1 amide bonds. The van der Waals surface area contributed by atoms with E-state index in [1.54, 1.807) is 12.3 Å². The van der Waals surface area contributed by atoms with Gasteiger partial charge in [-0.05, 0) is 40.5 Å². The molecule has 2 unspecified atom stereocenters. The Hall–Kier alpha value is -0.200. The molecule has 18 heavy (non-hydrogen) atoms. The van der Waals surface area contributed by atoms with Gasteiger partial charge in [0.2, 0.25) is 0 Å². The molecule has 2 atom stereocenters. The van der Waals surface area contributed by atoms with Crippen LogP contribution in [0.2, 0.25) is 0 Å². The summed E-state index contributed by atoms with van der Waals surface area (Å²) in [5.74, 6) is -0.122. The molecule has 0 saturated heterocycles. The van der Waals surface area contributed by atoms with Gasteiger partial charge in [-0.1, -0.05) is 22.9 Å². The molecule has 0 spiro atoms. The van der Waals surface area contributed by atoms with Crippen LogP contribution in [0.4, 0.5) is 0 Å². The highest BCUT2D eigenvalue weighted by molar-refractivity contribution is 9.11. The number of carbonyl (C=O) groups is 1. The fourth-order valence-electron chi connectivity index (χ4n) is 1.32. The van der Waals surface area contributed by atoms with Crippen LogP contribution in [0, 0.1) is 0 Å². The van der Waals surface area contributed by atoms with E-state index in [2.05, 4.69) is 37.2 Å². The maximum atomic E-state index is 11.9. The van der Waals surface area contributed by atoms with Crippen LogP contribution in [0.25, 0.3) is 0 Å². The van der Waals surface area contributed by atoms with Gasteiger partial charge in [0, 0.05) is 37.8 Å². The predicted octanol–water partition coefficient (Wildman–Crippen LogP) is 3.10. The van der Waals surface area contributed by atoms with Gasteiger partial charge < -0.3 is 5.32 Å². The van der Waals surface area contributed by atoms with E-state index in [0.29, 0.717) is 18.5 Å². The molecular formula is C12H15Br2NO2S. The van der Waals surface area contributed by atoms with Gasteiger partial charge in [0.25, 0.3) is 5.91 Å². The minimum atomic E-state index is -0.844. The molecule has 0 bridgehead atoms. The van der Waals surface area contributed by atoms with Crippen molar-refractivity contribution in [2.45, 2.75) is 18.6 Å². The lowest BCUT2D eigenvalue weighted by atomic mass is 10.2. The Morgan fingerprint density at radius 1 is 1.44 bits per heavy atom. The van der Waals surface area contributed by atoms with Gasteiger partial charge >= 0.3 is 0 Å². The standard InChI is InChI=1S/C12H15Br2NO2S/c1-8(18(2)17)5-6-15-12(16)10-4-3-9(13)7-11(10)14/h3-4,7-8H,5-6H2,1-2H3,(H,15,16). The Morgan fingerprint density at radius 2 is 2.11 bits per heavy atom. The summed E-state index contributed by atoms with van der Waals surface area (Å²) in [6.45, 7) is 2.44. The van der Waals surface area contributed by atoms with Crippen molar-refractivity contribution in [1.29, 1.82) is 0 Å². The molecule has 0 aliphatic carbocycles. The molecule has 0 aromatic heterocycles. The van der Waals surface area contributed by atoms with Gasteiger partial charge in [0.05, 0.1) is 5.56 Å². The summed E-state index contributed by atoms with van der Waals surface area (Å²) in [6, 6.07) is 5.41. The van der Waals surface area contributed by atoms with Crippen LogP contribution in [0.15, 0.2) is 27.1 Å². The van der Waals surface area contributed by atoms with Crippen LogP contribution in [0.3, 0.4) is 0 Å². The Morgan fingerprint density at radius 3 is 2.67 bits per heavy atom. The summed E-state index contributed by atoms with van der Waals surface area (Å²) in [7, 11) is -0.844. The third-order valence-electron chi connectivity index (χ3n) is 2.58. The molecule has 0 saturated carbocycles. The zero-order valence-corrected chi connectivity index (χ0v) is 14.2. The molecule has 1 rings (SSSR count). The number of benzene rings is 1. The molecule has 0 aliphatic rings. The first-order valence-corrected chi connectivity index (χ1v) is 8.68. The van der Waals surface area contributed by atoms with Gasteiger partial charge in [-0.2, -0.15) is 0 Å². The largest absolute Gasteiger partial charge is 0.352 e. The number of hydrogen-bond donors (Lipinski definition) is 1. The van der Waals surface area contributed by atoms with Crippen LogP contribution in [0.5, 0.6) is 0 Å². The minimum absolute atomic E-state index is 0.0960. The maximum absolute atomic E-state index is 11.9. The molecule has 6 heteroatoms. The lowest BCUT2D eigenvalue weighted by molar-refractivity contribution is 0.0952. The van der Waals surface area contributed by atoms with E-state index in [4.69, 9.17) is 0 Å². The molecular weight excluding hydrogens is 382 g/mol. The minimum Gasteiger partial charge on any atom is -0.352 e. The Balaban J connectivity index is 2.53. The SMILES string of the molecule is CC(CCNC(=O)c1ccc(Br)cc1Br)S(C)=O. The van der Waals surface area contributed by atoms with E-state index >= 15 is 0 Å². The van der Waals surface area contributed by atoms with Crippen molar-refractivity contribution in [2.75, 3.05) is 12.8 Å². The summed E-state index contributed by atoms with van der Waals surface area (Å²) in [5, 5.41) is 2.92. The van der Waals surface area contributed by atoms with Gasteiger partial charge in [-0.3, -0.25) is 9.00 Å². The molecule has 0 radical (unpaired) electrons. The van der Waals surface area contributed by atoms with Gasteiger partial charge in [-0.15, -0.1) is 0 Å². The van der Waals surface area contributed by atoms with Gasteiger partial charge in [-0.25, -0.2) is 0 Å². The molecule has 0 fully saturated rings. The van der Waals surface area contributed by atoms with Crippen molar-refractivity contribution < 1.29 is 9.00 Å². The second-order valence-electron chi connectivity index (χ2n) is 3.98. The molecule has 0 aliphatic heterocycles. The third-order valence-corrected chi connectivity index (χ3v) is 5.10. The van der Waals surface area contributed by atoms with Crippen molar-refractivity contribution >= 4 is 48.6 Å². The molecule has 100 valence electrons. The monoisotopic (exact) mass is 395 g/mol. The van der Waals surface area contributed by atoms with E-state index in [9.17, 15) is 9.00 Å². The summed E-state index contributed by atoms with van der Waals surface area (Å²) in [4.78, 5) is 11.9. The zero-order chi connectivity index (χ0) is 13.7. The lowest BCUT2D eigenvalue weighted by Crippen LogP contribution is -2.27. The fraction of sp³-hybridized carbons (Fsp3) is 0.417. The molecule has 1 N–H and O–H groups in total. The quantitative estimate of drug-likeness (QED) is 0.831. The first-order chi connectivity index (χ1) is 8.41. The Labute approximate surface area is 126 Å². The summed E-state index contributed by atoms with van der Waals surface area (Å²) in [5.41, 5.74) is 0.600. The maximum Gasteiger partial charge on any atom is 0.252 e. The van der Waals surface area contributed by atoms with Crippen LogP contribution in [-0.4, -0.2) is 28.2 Å². The van der Waals surface area contributed by atoms with Crippen LogP contribution in [0.1, 0.15) is 23.7 Å². The van der Waals surface area contributed by atoms with Gasteiger partial charge in [0.1, 0.15) is 0 Å². The fourth-order valence-corrected chi connectivity index (χ4v) is 3.00. The predicted molar refractivity (Wildman–Crippen MR) is 82.3 cm³/mol. The topological polar surface area (TPSA) is 46.2 Å². The molecule has 0 heterocycles. The first-order valence-electron chi connectivity index (χ1n) is 5.47. The van der Waals surface area contributed by atoms with E-state index < -0.39 is 10.8 Å². The first kappa shape index (κ1) is 15.9. The van der Waals surface area contributed by atoms with Crippen molar-refractivity contribution in [3.8, 4) is 0 Å². The number of hydrogen-bond acceptors (Lipinski definition) is 2. The highest BCUT2D eigenvalue weighted by Crippen LogP contribution is 2.21. The second-order valence-corrected chi connectivity index (χ2v) is 7.55. The molecule has 1 aromatic rings. The van der Waals surface area contributed by atoms with E-state index in [-0.39, 0.29) is 11.2 Å². The van der Waals surface area contributed by atoms with Crippen molar-refractivity contribution in [2.24, 2.45) is 0 Å². The summed E-state index contributed by atoms with van der Waals surface area (Å²) >= 11 is 6.69. The Bertz CT molecular complexity index is 465. The van der Waals surface area contributed by atoms with Crippen molar-refractivity contribution in [3.63, 3.8) is 0 Å². The van der Waals surface area contributed by atoms with E-state index in [1.807, 2.05) is 19.1 Å². The van der Waals surface area contributed by atoms with Crippen LogP contribution >= 0.6 is 31.9 Å². The summed E-state index contributed by atoms with van der Waals surface area (Å²) in [6.07, 6.45) is 2.39. The van der Waals surface area contributed by atoms with E-state index in [0.717, 1.165) is 8.95 Å². The number of amides is 1. The highest BCUT2D eigenvalue weighted by atomic mass is 79.9. The van der Waals surface area contributed by atoms with Crippen molar-refractivity contribution in [1.82, 2.24) is 5.32 Å². The second kappa shape index (κ2) is 7.40. The van der Waals surface area contributed by atoms with Crippen molar-refractivity contribution in [3.05, 3.63) is 32.7 Å². The van der Waals surface area contributed by atoms with Crippen LogP contribution < -0.4 is 5.32 Å².